The van der Waals surface area contributed by atoms with Crippen LogP contribution in [-0.2, 0) is 0 Å². The number of carbonyl (C=O) groups is 1. The Kier molecular flexibility index (Phi) is 2.23. The molecule has 0 aliphatic carbocycles. The average Bonchev–Trinajstić information content (AvgIpc) is 2.04. The van der Waals surface area contributed by atoms with E-state index in [-0.39, 0.29) is 5.69 Å². The predicted octanol–water partition coefficient (Wildman–Crippen LogP) is 0.525. The summed E-state index contributed by atoms with van der Waals surface area (Å²) in [5.74, 6) is -0.465. The van der Waals surface area contributed by atoms with Crippen molar-refractivity contribution in [2.24, 2.45) is 0 Å². The molecule has 12 heavy (non-hydrogen) atoms. The van der Waals surface area contributed by atoms with Gasteiger partial charge < -0.3 is 10.4 Å². The second-order valence-electron chi connectivity index (χ2n) is 2.24. The Morgan fingerprint density at radius 1 is 1.67 bits per heavy atom. The van der Waals surface area contributed by atoms with Crippen LogP contribution in [0.1, 0.15) is 16.2 Å². The highest BCUT2D eigenvalue weighted by Gasteiger charge is 2.06. The van der Waals surface area contributed by atoms with Crippen LogP contribution in [0.15, 0.2) is 6.20 Å². The number of carboxylic acid groups (broad SMARTS) is 1. The molecule has 0 saturated heterocycles. The van der Waals surface area contributed by atoms with Crippen molar-refractivity contribution >= 4 is 11.8 Å². The van der Waals surface area contributed by atoms with Crippen LogP contribution in [0.25, 0.3) is 0 Å². The molecular formula is C7H9N3O2. The summed E-state index contributed by atoms with van der Waals surface area (Å²) in [7, 11) is 1.71. The molecule has 0 radical (unpaired) electrons. The summed E-state index contributed by atoms with van der Waals surface area (Å²) in [5, 5.41) is 11.3. The molecule has 5 nitrogen and oxygen atoms in total. The Hall–Kier alpha value is -1.65. The lowest BCUT2D eigenvalue weighted by molar-refractivity contribution is 0.0690. The Bertz CT molecular complexity index is 312. The summed E-state index contributed by atoms with van der Waals surface area (Å²) in [4.78, 5) is 18.1. The first kappa shape index (κ1) is 8.45. The van der Waals surface area contributed by atoms with Crippen LogP contribution in [0.2, 0.25) is 0 Å². The van der Waals surface area contributed by atoms with Gasteiger partial charge in [-0.15, -0.1) is 0 Å². The lowest BCUT2D eigenvalue weighted by atomic mass is 10.4. The van der Waals surface area contributed by atoms with Gasteiger partial charge in [0.25, 0.3) is 0 Å². The number of aromatic carboxylic acids is 1. The molecule has 1 aromatic rings. The van der Waals surface area contributed by atoms with E-state index in [9.17, 15) is 4.79 Å². The number of aryl methyl sites for hydroxylation is 1. The highest BCUT2D eigenvalue weighted by atomic mass is 16.4. The van der Waals surface area contributed by atoms with E-state index in [2.05, 4.69) is 15.3 Å². The van der Waals surface area contributed by atoms with E-state index >= 15 is 0 Å². The van der Waals surface area contributed by atoms with Crippen LogP contribution in [-0.4, -0.2) is 28.1 Å². The second-order valence-corrected chi connectivity index (χ2v) is 2.24. The molecule has 0 aliphatic rings. The molecule has 0 saturated carbocycles. The molecule has 2 N–H and O–H groups in total. The maximum absolute atomic E-state index is 10.4. The van der Waals surface area contributed by atoms with Gasteiger partial charge in [-0.2, -0.15) is 0 Å². The van der Waals surface area contributed by atoms with E-state index < -0.39 is 5.97 Å². The molecular weight excluding hydrogens is 158 g/mol. The Morgan fingerprint density at radius 3 is 2.75 bits per heavy atom. The van der Waals surface area contributed by atoms with Gasteiger partial charge in [0.2, 0.25) is 0 Å². The van der Waals surface area contributed by atoms with Crippen molar-refractivity contribution < 1.29 is 9.90 Å². The largest absolute Gasteiger partial charge is 0.476 e. The highest BCUT2D eigenvalue weighted by Crippen LogP contribution is 2.06. The fraction of sp³-hybridized carbons (Fsp3) is 0.286. The topological polar surface area (TPSA) is 75.1 Å². The smallest absolute Gasteiger partial charge is 0.356 e. The van der Waals surface area contributed by atoms with Gasteiger partial charge in [-0.1, -0.05) is 0 Å². The minimum Gasteiger partial charge on any atom is -0.476 e. The summed E-state index contributed by atoms with van der Waals surface area (Å²) in [5.41, 5.74) is 0.545. The average molecular weight is 167 g/mol. The molecule has 0 amide bonds. The zero-order valence-electron chi connectivity index (χ0n) is 6.83. The number of aromatic nitrogens is 2. The third kappa shape index (κ3) is 1.50. The summed E-state index contributed by atoms with van der Waals surface area (Å²) in [6.45, 7) is 1.70. The van der Waals surface area contributed by atoms with Gasteiger partial charge in [-0.05, 0) is 6.92 Å². The number of rotatable bonds is 2. The monoisotopic (exact) mass is 167 g/mol. The molecule has 0 aliphatic heterocycles. The summed E-state index contributed by atoms with van der Waals surface area (Å²) < 4.78 is 0. The first-order valence-corrected chi connectivity index (χ1v) is 3.40. The lowest BCUT2D eigenvalue weighted by Gasteiger charge is -2.02. The van der Waals surface area contributed by atoms with Gasteiger partial charge >= 0.3 is 5.97 Å². The zero-order valence-corrected chi connectivity index (χ0v) is 6.83. The fourth-order valence-electron chi connectivity index (χ4n) is 0.830. The van der Waals surface area contributed by atoms with E-state index in [1.807, 2.05) is 0 Å². The number of nitrogens with zero attached hydrogens (tertiary/aromatic N) is 2. The maximum atomic E-state index is 10.4. The van der Waals surface area contributed by atoms with Crippen molar-refractivity contribution in [3.63, 3.8) is 0 Å². The van der Waals surface area contributed by atoms with E-state index in [4.69, 9.17) is 5.11 Å². The summed E-state index contributed by atoms with van der Waals surface area (Å²) in [6.07, 6.45) is 1.22. The Morgan fingerprint density at radius 2 is 2.33 bits per heavy atom. The number of hydrogen-bond acceptors (Lipinski definition) is 4. The summed E-state index contributed by atoms with van der Waals surface area (Å²) in [6, 6.07) is 0. The first-order chi connectivity index (χ1) is 5.65. The molecule has 0 bridgehead atoms. The SMILES string of the molecule is CNc1ncc(C(=O)O)nc1C. The van der Waals surface area contributed by atoms with Crippen molar-refractivity contribution in [1.82, 2.24) is 9.97 Å². The van der Waals surface area contributed by atoms with E-state index in [1.54, 1.807) is 14.0 Å². The van der Waals surface area contributed by atoms with E-state index in [1.165, 1.54) is 6.20 Å². The maximum Gasteiger partial charge on any atom is 0.356 e. The molecule has 0 aromatic carbocycles. The molecule has 1 rings (SSSR count). The molecule has 1 heterocycles. The van der Waals surface area contributed by atoms with Gasteiger partial charge in [0, 0.05) is 7.05 Å². The molecule has 5 heteroatoms. The standard InChI is InChI=1S/C7H9N3O2/c1-4-6(8-2)9-3-5(10-4)7(11)12/h3H,1-2H3,(H,8,9)(H,11,12). The van der Waals surface area contributed by atoms with E-state index in [0.717, 1.165) is 0 Å². The molecule has 0 atom stereocenters. The minimum atomic E-state index is -1.06. The lowest BCUT2D eigenvalue weighted by Crippen LogP contribution is -2.05. The minimum absolute atomic E-state index is 0.0356. The second kappa shape index (κ2) is 3.17. The number of nitrogens with one attached hydrogen (secondary N) is 1. The fourth-order valence-corrected chi connectivity index (χ4v) is 0.830. The summed E-state index contributed by atoms with van der Waals surface area (Å²) >= 11 is 0. The quantitative estimate of drug-likeness (QED) is 0.671. The normalized spacial score (nSPS) is 9.50. The van der Waals surface area contributed by atoms with Crippen LogP contribution in [0, 0.1) is 6.92 Å². The first-order valence-electron chi connectivity index (χ1n) is 3.40. The Balaban J connectivity index is 3.10. The van der Waals surface area contributed by atoms with Crippen molar-refractivity contribution in [3.8, 4) is 0 Å². The number of hydrogen-bond donors (Lipinski definition) is 2. The van der Waals surface area contributed by atoms with Crippen LogP contribution in [0.5, 0.6) is 0 Å². The van der Waals surface area contributed by atoms with Crippen LogP contribution >= 0.6 is 0 Å². The molecule has 0 fully saturated rings. The molecule has 0 unspecified atom stereocenters. The van der Waals surface area contributed by atoms with Crippen molar-refractivity contribution in [2.45, 2.75) is 6.92 Å². The van der Waals surface area contributed by atoms with Gasteiger partial charge in [-0.25, -0.2) is 14.8 Å². The third-order valence-electron chi connectivity index (χ3n) is 1.40. The van der Waals surface area contributed by atoms with Gasteiger partial charge in [0.15, 0.2) is 5.69 Å². The molecule has 64 valence electrons. The van der Waals surface area contributed by atoms with Crippen LogP contribution in [0.3, 0.4) is 0 Å². The van der Waals surface area contributed by atoms with Crippen molar-refractivity contribution in [3.05, 3.63) is 17.6 Å². The molecule has 1 aromatic heterocycles. The van der Waals surface area contributed by atoms with Gasteiger partial charge in [0.05, 0.1) is 11.9 Å². The van der Waals surface area contributed by atoms with Gasteiger partial charge in [-0.3, -0.25) is 0 Å². The van der Waals surface area contributed by atoms with Gasteiger partial charge in [0.1, 0.15) is 5.82 Å². The van der Waals surface area contributed by atoms with Crippen LogP contribution < -0.4 is 5.32 Å². The number of carboxylic acids is 1. The van der Waals surface area contributed by atoms with Crippen molar-refractivity contribution in [1.29, 1.82) is 0 Å². The zero-order chi connectivity index (χ0) is 9.14. The van der Waals surface area contributed by atoms with Crippen LogP contribution in [0.4, 0.5) is 5.82 Å². The Labute approximate surface area is 69.5 Å². The predicted molar refractivity (Wildman–Crippen MR) is 43.3 cm³/mol. The molecule has 0 spiro atoms. The van der Waals surface area contributed by atoms with Crippen molar-refractivity contribution in [2.75, 3.05) is 12.4 Å². The highest BCUT2D eigenvalue weighted by molar-refractivity contribution is 5.85. The number of anilines is 1. The van der Waals surface area contributed by atoms with E-state index in [0.29, 0.717) is 11.5 Å². The third-order valence-corrected chi connectivity index (χ3v) is 1.40.